The first-order valence-electron chi connectivity index (χ1n) is 6.46. The van der Waals surface area contributed by atoms with Gasteiger partial charge in [-0.3, -0.25) is 15.1 Å². The molecule has 0 aliphatic carbocycles. The Balaban J connectivity index is 2.00. The smallest absolute Gasteiger partial charge is 0.269 e. The minimum atomic E-state index is -0.390. The van der Waals surface area contributed by atoms with Crippen molar-refractivity contribution in [1.29, 1.82) is 0 Å². The maximum atomic E-state index is 10.6. The molecular weight excluding hydrogens is 254 g/mol. The molecule has 2 aromatic rings. The maximum absolute atomic E-state index is 10.6. The molecule has 0 saturated heterocycles. The fourth-order valence-electron chi connectivity index (χ4n) is 1.96. The van der Waals surface area contributed by atoms with E-state index in [0.717, 1.165) is 16.8 Å². The SMILES string of the molecule is Cc1cccnc1CNC(C)c1ccc([N+](=O)[O-])cc1. The predicted molar refractivity (Wildman–Crippen MR) is 77.3 cm³/mol. The molecule has 104 valence electrons. The van der Waals surface area contributed by atoms with Crippen LogP contribution in [0.2, 0.25) is 0 Å². The third-order valence-electron chi connectivity index (χ3n) is 3.30. The molecule has 5 nitrogen and oxygen atoms in total. The van der Waals surface area contributed by atoms with Gasteiger partial charge in [-0.15, -0.1) is 0 Å². The van der Waals surface area contributed by atoms with E-state index in [2.05, 4.69) is 10.3 Å². The summed E-state index contributed by atoms with van der Waals surface area (Å²) in [6.45, 7) is 4.73. The number of nitro groups is 1. The van der Waals surface area contributed by atoms with Crippen LogP contribution < -0.4 is 5.32 Å². The molecule has 5 heteroatoms. The van der Waals surface area contributed by atoms with Crippen LogP contribution in [0.4, 0.5) is 5.69 Å². The van der Waals surface area contributed by atoms with Gasteiger partial charge in [0.25, 0.3) is 5.69 Å². The summed E-state index contributed by atoms with van der Waals surface area (Å²) in [7, 11) is 0. The molecule has 1 heterocycles. The highest BCUT2D eigenvalue weighted by Gasteiger charge is 2.09. The van der Waals surface area contributed by atoms with E-state index in [1.807, 2.05) is 26.0 Å². The van der Waals surface area contributed by atoms with Gasteiger partial charge in [0, 0.05) is 30.9 Å². The first-order valence-corrected chi connectivity index (χ1v) is 6.46. The molecule has 1 N–H and O–H groups in total. The Morgan fingerprint density at radius 2 is 2.00 bits per heavy atom. The van der Waals surface area contributed by atoms with Crippen LogP contribution in [0.5, 0.6) is 0 Å². The molecular formula is C15H17N3O2. The summed E-state index contributed by atoms with van der Waals surface area (Å²) < 4.78 is 0. The van der Waals surface area contributed by atoms with Crippen LogP contribution in [0.3, 0.4) is 0 Å². The molecule has 0 saturated carbocycles. The lowest BCUT2D eigenvalue weighted by molar-refractivity contribution is -0.384. The fraction of sp³-hybridized carbons (Fsp3) is 0.267. The van der Waals surface area contributed by atoms with Gasteiger partial charge in [-0.05, 0) is 31.0 Å². The molecule has 0 amide bonds. The number of non-ortho nitro benzene ring substituents is 1. The van der Waals surface area contributed by atoms with Gasteiger partial charge >= 0.3 is 0 Å². The molecule has 1 unspecified atom stereocenters. The Morgan fingerprint density at radius 1 is 1.30 bits per heavy atom. The Bertz CT molecular complexity index is 596. The van der Waals surface area contributed by atoms with Crippen molar-refractivity contribution in [2.45, 2.75) is 26.4 Å². The van der Waals surface area contributed by atoms with Crippen LogP contribution >= 0.6 is 0 Å². The van der Waals surface area contributed by atoms with Crippen molar-refractivity contribution < 1.29 is 4.92 Å². The van der Waals surface area contributed by atoms with Crippen LogP contribution in [0.1, 0.15) is 29.8 Å². The molecule has 0 fully saturated rings. The minimum Gasteiger partial charge on any atom is -0.305 e. The second-order valence-electron chi connectivity index (χ2n) is 4.72. The number of aromatic nitrogens is 1. The molecule has 1 atom stereocenters. The largest absolute Gasteiger partial charge is 0.305 e. The lowest BCUT2D eigenvalue weighted by Gasteiger charge is -2.14. The van der Waals surface area contributed by atoms with Crippen molar-refractivity contribution in [3.8, 4) is 0 Å². The van der Waals surface area contributed by atoms with Crippen molar-refractivity contribution in [1.82, 2.24) is 10.3 Å². The zero-order valence-electron chi connectivity index (χ0n) is 11.5. The summed E-state index contributed by atoms with van der Waals surface area (Å²) >= 11 is 0. The number of rotatable bonds is 5. The van der Waals surface area contributed by atoms with Crippen molar-refractivity contribution >= 4 is 5.69 Å². The topological polar surface area (TPSA) is 68.1 Å². The molecule has 0 aliphatic rings. The first kappa shape index (κ1) is 14.1. The molecule has 1 aromatic carbocycles. The summed E-state index contributed by atoms with van der Waals surface area (Å²) in [6.07, 6.45) is 1.78. The van der Waals surface area contributed by atoms with Crippen LogP contribution in [0.25, 0.3) is 0 Å². The fourth-order valence-corrected chi connectivity index (χ4v) is 1.96. The van der Waals surface area contributed by atoms with Gasteiger partial charge in [0.2, 0.25) is 0 Å². The number of pyridine rings is 1. The van der Waals surface area contributed by atoms with Crippen molar-refractivity contribution in [2.24, 2.45) is 0 Å². The molecule has 0 spiro atoms. The second kappa shape index (κ2) is 6.25. The molecule has 20 heavy (non-hydrogen) atoms. The van der Waals surface area contributed by atoms with Crippen LogP contribution in [0, 0.1) is 17.0 Å². The van der Waals surface area contributed by atoms with E-state index >= 15 is 0 Å². The molecule has 0 bridgehead atoms. The average Bonchev–Trinajstić information content (AvgIpc) is 2.46. The summed E-state index contributed by atoms with van der Waals surface area (Å²) in [5, 5.41) is 14.0. The first-order chi connectivity index (χ1) is 9.58. The van der Waals surface area contributed by atoms with Crippen LogP contribution in [-0.2, 0) is 6.54 Å². The lowest BCUT2D eigenvalue weighted by Crippen LogP contribution is -2.19. The zero-order valence-corrected chi connectivity index (χ0v) is 11.5. The van der Waals surface area contributed by atoms with E-state index in [-0.39, 0.29) is 16.7 Å². The minimum absolute atomic E-state index is 0.109. The van der Waals surface area contributed by atoms with E-state index < -0.39 is 0 Å². The van der Waals surface area contributed by atoms with Gasteiger partial charge in [0.05, 0.1) is 10.6 Å². The van der Waals surface area contributed by atoms with Crippen molar-refractivity contribution in [3.63, 3.8) is 0 Å². The third kappa shape index (κ3) is 3.39. The predicted octanol–water partition coefficient (Wildman–Crippen LogP) is 3.15. The number of aryl methyl sites for hydroxylation is 1. The number of nitrogens with one attached hydrogen (secondary N) is 1. The number of hydrogen-bond acceptors (Lipinski definition) is 4. The Morgan fingerprint density at radius 3 is 2.60 bits per heavy atom. The number of hydrogen-bond donors (Lipinski definition) is 1. The summed E-state index contributed by atoms with van der Waals surface area (Å²) in [4.78, 5) is 14.6. The summed E-state index contributed by atoms with van der Waals surface area (Å²) in [6, 6.07) is 10.7. The van der Waals surface area contributed by atoms with E-state index in [0.29, 0.717) is 6.54 Å². The van der Waals surface area contributed by atoms with Gasteiger partial charge in [0.1, 0.15) is 0 Å². The van der Waals surface area contributed by atoms with Crippen LogP contribution in [0.15, 0.2) is 42.6 Å². The summed E-state index contributed by atoms with van der Waals surface area (Å²) in [5.74, 6) is 0. The van der Waals surface area contributed by atoms with Gasteiger partial charge in [-0.25, -0.2) is 0 Å². The monoisotopic (exact) mass is 271 g/mol. The van der Waals surface area contributed by atoms with E-state index in [4.69, 9.17) is 0 Å². The maximum Gasteiger partial charge on any atom is 0.269 e. The van der Waals surface area contributed by atoms with Gasteiger partial charge in [-0.2, -0.15) is 0 Å². The van der Waals surface area contributed by atoms with E-state index in [9.17, 15) is 10.1 Å². The average molecular weight is 271 g/mol. The number of benzene rings is 1. The quantitative estimate of drug-likeness (QED) is 0.670. The zero-order chi connectivity index (χ0) is 14.5. The molecule has 2 rings (SSSR count). The molecule has 0 aliphatic heterocycles. The Hall–Kier alpha value is -2.27. The van der Waals surface area contributed by atoms with E-state index in [1.54, 1.807) is 18.3 Å². The highest BCUT2D eigenvalue weighted by molar-refractivity contribution is 5.34. The Labute approximate surface area is 117 Å². The Kier molecular flexibility index (Phi) is 4.42. The molecule has 1 aromatic heterocycles. The number of nitrogens with zero attached hydrogens (tertiary/aromatic N) is 2. The standard InChI is InChI=1S/C15H17N3O2/c1-11-4-3-9-16-15(11)10-17-12(2)13-5-7-14(8-6-13)18(19)20/h3-9,12,17H,10H2,1-2H3. The lowest BCUT2D eigenvalue weighted by atomic mass is 10.1. The van der Waals surface area contributed by atoms with Crippen LogP contribution in [-0.4, -0.2) is 9.91 Å². The van der Waals surface area contributed by atoms with Gasteiger partial charge < -0.3 is 5.32 Å². The normalized spacial score (nSPS) is 12.1. The van der Waals surface area contributed by atoms with E-state index in [1.165, 1.54) is 12.1 Å². The van der Waals surface area contributed by atoms with Crippen molar-refractivity contribution in [3.05, 3.63) is 69.5 Å². The highest BCUT2D eigenvalue weighted by Crippen LogP contribution is 2.18. The third-order valence-corrected chi connectivity index (χ3v) is 3.30. The molecule has 0 radical (unpaired) electrons. The van der Waals surface area contributed by atoms with Gasteiger partial charge in [-0.1, -0.05) is 18.2 Å². The highest BCUT2D eigenvalue weighted by atomic mass is 16.6. The van der Waals surface area contributed by atoms with Gasteiger partial charge in [0.15, 0.2) is 0 Å². The van der Waals surface area contributed by atoms with Crippen molar-refractivity contribution in [2.75, 3.05) is 0 Å². The second-order valence-corrected chi connectivity index (χ2v) is 4.72. The number of nitro benzene ring substituents is 1. The summed E-state index contributed by atoms with van der Waals surface area (Å²) in [5.41, 5.74) is 3.29.